The van der Waals surface area contributed by atoms with Gasteiger partial charge in [-0.05, 0) is 36.4 Å². The topological polar surface area (TPSA) is 48.0 Å². The third kappa shape index (κ3) is 1.84. The van der Waals surface area contributed by atoms with Crippen molar-refractivity contribution in [1.29, 1.82) is 0 Å². The van der Waals surface area contributed by atoms with Crippen LogP contribution in [0.25, 0.3) is 27.6 Å². The Morgan fingerprint density at radius 2 is 1.76 bits per heavy atom. The molecular formula is C16H9ClN2O2. The van der Waals surface area contributed by atoms with E-state index in [4.69, 9.17) is 16.0 Å². The van der Waals surface area contributed by atoms with Crippen molar-refractivity contribution in [2.75, 3.05) is 0 Å². The van der Waals surface area contributed by atoms with Gasteiger partial charge in [0.05, 0.1) is 17.4 Å². The first-order valence-corrected chi connectivity index (χ1v) is 6.77. The van der Waals surface area contributed by atoms with Gasteiger partial charge < -0.3 is 4.42 Å². The lowest BCUT2D eigenvalue weighted by Crippen LogP contribution is -2.01. The highest BCUT2D eigenvalue weighted by Crippen LogP contribution is 2.25. The van der Waals surface area contributed by atoms with Gasteiger partial charge in [-0.1, -0.05) is 23.7 Å². The second-order valence-electron chi connectivity index (χ2n) is 4.68. The molecule has 4 rings (SSSR count). The molecule has 0 aliphatic carbocycles. The molecule has 0 N–H and O–H groups in total. The van der Waals surface area contributed by atoms with Crippen LogP contribution in [-0.4, -0.2) is 9.78 Å². The molecule has 2 aromatic carbocycles. The molecule has 102 valence electrons. The van der Waals surface area contributed by atoms with Crippen molar-refractivity contribution >= 4 is 33.5 Å². The van der Waals surface area contributed by atoms with Crippen LogP contribution in [0.1, 0.15) is 0 Å². The van der Waals surface area contributed by atoms with Gasteiger partial charge in [0.25, 0.3) is 0 Å². The predicted octanol–water partition coefficient (Wildman–Crippen LogP) is 3.79. The standard InChI is InChI=1S/C16H9ClN2O2/c17-10-5-7-11(8-6-10)19-15-12-3-1-2-4-14(12)21-16(20)13(15)9-18-19/h1-9H. The minimum Gasteiger partial charge on any atom is -0.422 e. The van der Waals surface area contributed by atoms with Crippen molar-refractivity contribution in [2.45, 2.75) is 0 Å². The van der Waals surface area contributed by atoms with E-state index in [0.29, 0.717) is 16.0 Å². The maximum absolute atomic E-state index is 12.1. The highest BCUT2D eigenvalue weighted by Gasteiger charge is 2.13. The van der Waals surface area contributed by atoms with E-state index in [0.717, 1.165) is 16.6 Å². The molecule has 2 heterocycles. The molecule has 5 heteroatoms. The first-order chi connectivity index (χ1) is 10.2. The van der Waals surface area contributed by atoms with Gasteiger partial charge in [0, 0.05) is 10.4 Å². The molecule has 0 aliphatic rings. The molecule has 0 amide bonds. The van der Waals surface area contributed by atoms with E-state index in [1.807, 2.05) is 30.3 Å². The summed E-state index contributed by atoms with van der Waals surface area (Å²) in [7, 11) is 0. The van der Waals surface area contributed by atoms with Crippen LogP contribution in [0.5, 0.6) is 0 Å². The first kappa shape index (κ1) is 12.2. The number of hydrogen-bond donors (Lipinski definition) is 0. The van der Waals surface area contributed by atoms with Crippen molar-refractivity contribution in [3.63, 3.8) is 0 Å². The van der Waals surface area contributed by atoms with E-state index in [1.165, 1.54) is 6.20 Å². The summed E-state index contributed by atoms with van der Waals surface area (Å²) in [5.74, 6) is 0. The quantitative estimate of drug-likeness (QED) is 0.502. The third-order valence-corrected chi connectivity index (χ3v) is 3.66. The minimum absolute atomic E-state index is 0.385. The van der Waals surface area contributed by atoms with Crippen molar-refractivity contribution in [2.24, 2.45) is 0 Å². The lowest BCUT2D eigenvalue weighted by atomic mass is 10.2. The number of para-hydroxylation sites is 1. The maximum Gasteiger partial charge on any atom is 0.347 e. The van der Waals surface area contributed by atoms with Gasteiger partial charge in [-0.15, -0.1) is 0 Å². The molecule has 0 fully saturated rings. The molecule has 4 nitrogen and oxygen atoms in total. The van der Waals surface area contributed by atoms with Crippen LogP contribution in [-0.2, 0) is 0 Å². The molecule has 4 aromatic rings. The summed E-state index contributed by atoms with van der Waals surface area (Å²) in [5, 5.41) is 6.28. The Bertz CT molecular complexity index is 1020. The van der Waals surface area contributed by atoms with Crippen molar-refractivity contribution in [1.82, 2.24) is 9.78 Å². The molecule has 0 aliphatic heterocycles. The zero-order valence-electron chi connectivity index (χ0n) is 10.8. The van der Waals surface area contributed by atoms with Gasteiger partial charge in [0.1, 0.15) is 11.0 Å². The number of fused-ring (bicyclic) bond motifs is 3. The molecule has 0 saturated carbocycles. The van der Waals surface area contributed by atoms with Crippen LogP contribution in [0.15, 0.2) is 63.9 Å². The zero-order valence-corrected chi connectivity index (χ0v) is 11.5. The summed E-state index contributed by atoms with van der Waals surface area (Å²) in [6, 6.07) is 14.7. The monoisotopic (exact) mass is 296 g/mol. The number of benzene rings is 2. The summed E-state index contributed by atoms with van der Waals surface area (Å²) in [5.41, 5.74) is 1.74. The molecule has 0 bridgehead atoms. The summed E-state index contributed by atoms with van der Waals surface area (Å²) in [4.78, 5) is 12.1. The molecule has 0 atom stereocenters. The molecule has 0 radical (unpaired) electrons. The van der Waals surface area contributed by atoms with Crippen LogP contribution in [0.2, 0.25) is 5.02 Å². The van der Waals surface area contributed by atoms with E-state index in [1.54, 1.807) is 22.9 Å². The Labute approximate surface area is 124 Å². The minimum atomic E-state index is -0.385. The van der Waals surface area contributed by atoms with Gasteiger partial charge in [0.2, 0.25) is 0 Å². The lowest BCUT2D eigenvalue weighted by molar-refractivity contribution is 0.569. The number of hydrogen-bond acceptors (Lipinski definition) is 3. The highest BCUT2D eigenvalue weighted by molar-refractivity contribution is 6.30. The lowest BCUT2D eigenvalue weighted by Gasteiger charge is -2.05. The summed E-state index contributed by atoms with van der Waals surface area (Å²) in [6.45, 7) is 0. The maximum atomic E-state index is 12.1. The SMILES string of the molecule is O=c1oc2ccccc2c2c1cnn2-c1ccc(Cl)cc1. The van der Waals surface area contributed by atoms with Crippen LogP contribution in [0.3, 0.4) is 0 Å². The smallest absolute Gasteiger partial charge is 0.347 e. The van der Waals surface area contributed by atoms with Crippen LogP contribution >= 0.6 is 11.6 Å². The summed E-state index contributed by atoms with van der Waals surface area (Å²) in [6.07, 6.45) is 1.53. The highest BCUT2D eigenvalue weighted by atomic mass is 35.5. The Hall–Kier alpha value is -2.59. The van der Waals surface area contributed by atoms with Gasteiger partial charge in [-0.3, -0.25) is 0 Å². The van der Waals surface area contributed by atoms with Gasteiger partial charge in [0.15, 0.2) is 0 Å². The van der Waals surface area contributed by atoms with Crippen molar-refractivity contribution in [3.05, 3.63) is 70.2 Å². The fourth-order valence-corrected chi connectivity index (χ4v) is 2.57. The van der Waals surface area contributed by atoms with Crippen LogP contribution in [0, 0.1) is 0 Å². The molecule has 0 unspecified atom stereocenters. The van der Waals surface area contributed by atoms with E-state index in [-0.39, 0.29) is 5.63 Å². The summed E-state index contributed by atoms with van der Waals surface area (Å²) < 4.78 is 7.04. The number of aromatic nitrogens is 2. The normalized spacial score (nSPS) is 11.3. The molecule has 2 aromatic heterocycles. The fraction of sp³-hybridized carbons (Fsp3) is 0. The van der Waals surface area contributed by atoms with Crippen LogP contribution in [0.4, 0.5) is 0 Å². The first-order valence-electron chi connectivity index (χ1n) is 6.39. The average Bonchev–Trinajstić information content (AvgIpc) is 2.94. The van der Waals surface area contributed by atoms with Crippen molar-refractivity contribution < 1.29 is 4.42 Å². The fourth-order valence-electron chi connectivity index (χ4n) is 2.44. The third-order valence-electron chi connectivity index (χ3n) is 3.41. The van der Waals surface area contributed by atoms with Crippen molar-refractivity contribution in [3.8, 4) is 5.69 Å². The predicted molar refractivity (Wildman–Crippen MR) is 82.1 cm³/mol. The molecular weight excluding hydrogens is 288 g/mol. The Morgan fingerprint density at radius 3 is 2.57 bits per heavy atom. The number of halogens is 1. The molecule has 21 heavy (non-hydrogen) atoms. The number of rotatable bonds is 1. The van der Waals surface area contributed by atoms with E-state index < -0.39 is 0 Å². The second kappa shape index (κ2) is 4.46. The van der Waals surface area contributed by atoms with Gasteiger partial charge >= 0.3 is 5.63 Å². The zero-order chi connectivity index (χ0) is 14.4. The Kier molecular flexibility index (Phi) is 2.59. The Morgan fingerprint density at radius 1 is 1.00 bits per heavy atom. The van der Waals surface area contributed by atoms with E-state index in [2.05, 4.69) is 5.10 Å². The largest absolute Gasteiger partial charge is 0.422 e. The van der Waals surface area contributed by atoms with Gasteiger partial charge in [-0.25, -0.2) is 9.48 Å². The molecule has 0 saturated heterocycles. The second-order valence-corrected chi connectivity index (χ2v) is 5.12. The Balaban J connectivity index is 2.15. The van der Waals surface area contributed by atoms with Gasteiger partial charge in [-0.2, -0.15) is 5.10 Å². The van der Waals surface area contributed by atoms with E-state index in [9.17, 15) is 4.79 Å². The van der Waals surface area contributed by atoms with E-state index >= 15 is 0 Å². The number of nitrogens with zero attached hydrogens (tertiary/aromatic N) is 2. The van der Waals surface area contributed by atoms with Crippen LogP contribution < -0.4 is 5.63 Å². The molecule has 0 spiro atoms. The average molecular weight is 297 g/mol. The summed E-state index contributed by atoms with van der Waals surface area (Å²) >= 11 is 5.92.